The zero-order valence-electron chi connectivity index (χ0n) is 11.5. The van der Waals surface area contributed by atoms with Gasteiger partial charge in [-0.05, 0) is 55.5 Å². The van der Waals surface area contributed by atoms with Crippen molar-refractivity contribution in [3.05, 3.63) is 33.8 Å². The van der Waals surface area contributed by atoms with E-state index in [4.69, 9.17) is 23.2 Å². The van der Waals surface area contributed by atoms with E-state index in [0.717, 1.165) is 35.0 Å². The molecule has 1 atom stereocenters. The topological polar surface area (TPSA) is 12.0 Å². The van der Waals surface area contributed by atoms with Gasteiger partial charge < -0.3 is 5.32 Å². The predicted octanol–water partition coefficient (Wildman–Crippen LogP) is 4.95. The molecule has 0 bridgehead atoms. The van der Waals surface area contributed by atoms with E-state index in [9.17, 15) is 0 Å². The smallest absolute Gasteiger partial charge is 0.0439 e. The Balaban J connectivity index is 2.57. The molecule has 0 aliphatic heterocycles. The standard InChI is InChI=1S/C15H23Cl2N/c1-4-18-14(9-11(2)3)7-5-12-10-13(16)6-8-15(12)17/h6,8,10-11,14,18H,4-5,7,9H2,1-3H3. The summed E-state index contributed by atoms with van der Waals surface area (Å²) < 4.78 is 0. The molecule has 0 aliphatic carbocycles. The van der Waals surface area contributed by atoms with Gasteiger partial charge in [-0.15, -0.1) is 0 Å². The van der Waals surface area contributed by atoms with Gasteiger partial charge in [-0.2, -0.15) is 0 Å². The van der Waals surface area contributed by atoms with Crippen molar-refractivity contribution in [2.75, 3.05) is 6.54 Å². The summed E-state index contributed by atoms with van der Waals surface area (Å²) in [7, 11) is 0. The summed E-state index contributed by atoms with van der Waals surface area (Å²) in [6.07, 6.45) is 3.28. The highest BCUT2D eigenvalue weighted by molar-refractivity contribution is 6.33. The Morgan fingerprint density at radius 3 is 2.56 bits per heavy atom. The van der Waals surface area contributed by atoms with Crippen molar-refractivity contribution < 1.29 is 0 Å². The van der Waals surface area contributed by atoms with Crippen molar-refractivity contribution in [3.8, 4) is 0 Å². The third-order valence-electron chi connectivity index (χ3n) is 3.02. The van der Waals surface area contributed by atoms with Crippen molar-refractivity contribution in [2.24, 2.45) is 5.92 Å². The number of benzene rings is 1. The third-order valence-corrected chi connectivity index (χ3v) is 3.62. The van der Waals surface area contributed by atoms with Gasteiger partial charge in [0.1, 0.15) is 0 Å². The summed E-state index contributed by atoms with van der Waals surface area (Å²) in [5.74, 6) is 0.712. The van der Waals surface area contributed by atoms with Crippen molar-refractivity contribution in [2.45, 2.75) is 46.1 Å². The normalized spacial score (nSPS) is 13.0. The molecule has 1 aromatic carbocycles. The van der Waals surface area contributed by atoms with Gasteiger partial charge in [0, 0.05) is 16.1 Å². The van der Waals surface area contributed by atoms with E-state index in [0.29, 0.717) is 12.0 Å². The summed E-state index contributed by atoms with van der Waals surface area (Å²) in [5.41, 5.74) is 1.15. The van der Waals surface area contributed by atoms with Crippen LogP contribution in [0.15, 0.2) is 18.2 Å². The molecule has 1 aromatic rings. The molecule has 0 radical (unpaired) electrons. The molecule has 0 saturated carbocycles. The Labute approximate surface area is 121 Å². The first-order valence-corrected chi connectivity index (χ1v) is 7.45. The van der Waals surface area contributed by atoms with E-state index in [-0.39, 0.29) is 0 Å². The largest absolute Gasteiger partial charge is 0.314 e. The number of aryl methyl sites for hydroxylation is 1. The SMILES string of the molecule is CCNC(CCc1cc(Cl)ccc1Cl)CC(C)C. The van der Waals surface area contributed by atoms with E-state index in [1.807, 2.05) is 18.2 Å². The summed E-state index contributed by atoms with van der Waals surface area (Å²) >= 11 is 12.2. The van der Waals surface area contributed by atoms with Crippen LogP contribution in [0.4, 0.5) is 0 Å². The monoisotopic (exact) mass is 287 g/mol. The second-order valence-corrected chi connectivity index (χ2v) is 6.00. The molecule has 1 unspecified atom stereocenters. The predicted molar refractivity (Wildman–Crippen MR) is 81.7 cm³/mol. The van der Waals surface area contributed by atoms with Gasteiger partial charge in [0.2, 0.25) is 0 Å². The van der Waals surface area contributed by atoms with Crippen LogP contribution < -0.4 is 5.32 Å². The Kier molecular flexibility index (Phi) is 7.06. The molecule has 1 N–H and O–H groups in total. The van der Waals surface area contributed by atoms with Gasteiger partial charge in [0.25, 0.3) is 0 Å². The van der Waals surface area contributed by atoms with Crippen LogP contribution in [0, 0.1) is 5.92 Å². The van der Waals surface area contributed by atoms with Crippen molar-refractivity contribution in [1.29, 1.82) is 0 Å². The van der Waals surface area contributed by atoms with Crippen LogP contribution in [-0.2, 0) is 6.42 Å². The quantitative estimate of drug-likeness (QED) is 0.748. The first-order chi connectivity index (χ1) is 8.52. The van der Waals surface area contributed by atoms with Crippen molar-refractivity contribution in [3.63, 3.8) is 0 Å². The molecule has 1 rings (SSSR count). The fourth-order valence-corrected chi connectivity index (χ4v) is 2.63. The van der Waals surface area contributed by atoms with E-state index in [1.54, 1.807) is 0 Å². The highest BCUT2D eigenvalue weighted by Gasteiger charge is 2.11. The maximum absolute atomic E-state index is 6.18. The van der Waals surface area contributed by atoms with Crippen LogP contribution in [-0.4, -0.2) is 12.6 Å². The molecule has 1 nitrogen and oxygen atoms in total. The first-order valence-electron chi connectivity index (χ1n) is 6.70. The lowest BCUT2D eigenvalue weighted by Crippen LogP contribution is -2.30. The summed E-state index contributed by atoms with van der Waals surface area (Å²) in [4.78, 5) is 0. The van der Waals surface area contributed by atoms with E-state index in [2.05, 4.69) is 26.1 Å². The van der Waals surface area contributed by atoms with Crippen LogP contribution in [0.5, 0.6) is 0 Å². The molecule has 3 heteroatoms. The second kappa shape index (κ2) is 8.04. The van der Waals surface area contributed by atoms with Gasteiger partial charge >= 0.3 is 0 Å². The Morgan fingerprint density at radius 2 is 1.94 bits per heavy atom. The minimum Gasteiger partial charge on any atom is -0.314 e. The zero-order valence-corrected chi connectivity index (χ0v) is 13.0. The van der Waals surface area contributed by atoms with Crippen molar-refractivity contribution in [1.82, 2.24) is 5.32 Å². The average molecular weight is 288 g/mol. The molecule has 0 saturated heterocycles. The van der Waals surface area contributed by atoms with Gasteiger partial charge in [0.15, 0.2) is 0 Å². The molecule has 0 fully saturated rings. The third kappa shape index (κ3) is 5.60. The fourth-order valence-electron chi connectivity index (χ4n) is 2.23. The Morgan fingerprint density at radius 1 is 1.22 bits per heavy atom. The summed E-state index contributed by atoms with van der Waals surface area (Å²) in [6.45, 7) is 7.69. The Hall–Kier alpha value is -0.240. The minimum atomic E-state index is 0.560. The van der Waals surface area contributed by atoms with Crippen LogP contribution >= 0.6 is 23.2 Å². The minimum absolute atomic E-state index is 0.560. The molecular formula is C15H23Cl2N. The highest BCUT2D eigenvalue weighted by Crippen LogP contribution is 2.23. The van der Waals surface area contributed by atoms with E-state index < -0.39 is 0 Å². The van der Waals surface area contributed by atoms with Crippen LogP contribution in [0.25, 0.3) is 0 Å². The lowest BCUT2D eigenvalue weighted by Gasteiger charge is -2.20. The fraction of sp³-hybridized carbons (Fsp3) is 0.600. The molecular weight excluding hydrogens is 265 g/mol. The van der Waals surface area contributed by atoms with Gasteiger partial charge in [-0.3, -0.25) is 0 Å². The maximum atomic E-state index is 6.18. The molecule has 0 aromatic heterocycles. The molecule has 18 heavy (non-hydrogen) atoms. The molecule has 0 aliphatic rings. The molecule has 0 amide bonds. The lowest BCUT2D eigenvalue weighted by atomic mass is 9.97. The van der Waals surface area contributed by atoms with Crippen molar-refractivity contribution >= 4 is 23.2 Å². The number of hydrogen-bond acceptors (Lipinski definition) is 1. The highest BCUT2D eigenvalue weighted by atomic mass is 35.5. The van der Waals surface area contributed by atoms with Gasteiger partial charge in [0.05, 0.1) is 0 Å². The lowest BCUT2D eigenvalue weighted by molar-refractivity contribution is 0.405. The van der Waals surface area contributed by atoms with Crippen LogP contribution in [0.1, 0.15) is 39.2 Å². The van der Waals surface area contributed by atoms with Crippen LogP contribution in [0.3, 0.4) is 0 Å². The average Bonchev–Trinajstić information content (AvgIpc) is 2.29. The zero-order chi connectivity index (χ0) is 13.5. The number of nitrogens with one attached hydrogen (secondary N) is 1. The summed E-state index contributed by atoms with van der Waals surface area (Å²) in [6, 6.07) is 6.25. The number of rotatable bonds is 7. The number of hydrogen-bond donors (Lipinski definition) is 1. The Bertz CT molecular complexity index is 364. The molecule has 0 heterocycles. The van der Waals surface area contributed by atoms with E-state index in [1.165, 1.54) is 6.42 Å². The van der Waals surface area contributed by atoms with Crippen LogP contribution in [0.2, 0.25) is 10.0 Å². The number of halogens is 2. The first kappa shape index (κ1) is 15.8. The molecule has 0 spiro atoms. The second-order valence-electron chi connectivity index (χ2n) is 5.16. The summed E-state index contributed by atoms with van der Waals surface area (Å²) in [5, 5.41) is 5.12. The van der Waals surface area contributed by atoms with Gasteiger partial charge in [-0.25, -0.2) is 0 Å². The molecule has 102 valence electrons. The van der Waals surface area contributed by atoms with E-state index >= 15 is 0 Å². The van der Waals surface area contributed by atoms with Gasteiger partial charge in [-0.1, -0.05) is 44.0 Å². The maximum Gasteiger partial charge on any atom is 0.0439 e.